The van der Waals surface area contributed by atoms with Crippen molar-refractivity contribution in [3.05, 3.63) is 83.0 Å². The molecule has 2 aromatic heterocycles. The molecule has 0 atom stereocenters. The van der Waals surface area contributed by atoms with Crippen LogP contribution < -0.4 is 4.74 Å². The number of hydrogen-bond donors (Lipinski definition) is 0. The van der Waals surface area contributed by atoms with Gasteiger partial charge in [0.15, 0.2) is 0 Å². The zero-order chi connectivity index (χ0) is 21.1. The SMILES string of the molecule is [N-]=[N+]=Nc1ccc2ccc(Oc3cc(-c4ccc(C(F)(F)F)cc4)ncn3)cc2n1. The van der Waals surface area contributed by atoms with E-state index in [-0.39, 0.29) is 11.7 Å². The molecule has 0 amide bonds. The van der Waals surface area contributed by atoms with Gasteiger partial charge in [0.1, 0.15) is 17.9 Å². The van der Waals surface area contributed by atoms with E-state index in [1.54, 1.807) is 30.3 Å². The van der Waals surface area contributed by atoms with Gasteiger partial charge in [-0.2, -0.15) is 13.2 Å². The van der Waals surface area contributed by atoms with Crippen LogP contribution in [-0.4, -0.2) is 15.0 Å². The first kappa shape index (κ1) is 19.2. The van der Waals surface area contributed by atoms with E-state index in [0.717, 1.165) is 17.5 Å². The van der Waals surface area contributed by atoms with Gasteiger partial charge < -0.3 is 4.74 Å². The molecule has 4 aromatic rings. The van der Waals surface area contributed by atoms with E-state index in [1.807, 2.05) is 0 Å². The predicted octanol–water partition coefficient (Wildman–Crippen LogP) is 6.44. The van der Waals surface area contributed by atoms with E-state index in [9.17, 15) is 13.2 Å². The average Bonchev–Trinajstić information content (AvgIpc) is 2.73. The number of rotatable bonds is 4. The molecule has 0 bridgehead atoms. The molecular formula is C20H11F3N6O. The summed E-state index contributed by atoms with van der Waals surface area (Å²) in [4.78, 5) is 15.1. The van der Waals surface area contributed by atoms with Crippen LogP contribution in [0.4, 0.5) is 19.0 Å². The number of nitrogens with zero attached hydrogens (tertiary/aromatic N) is 6. The zero-order valence-corrected chi connectivity index (χ0v) is 15.1. The van der Waals surface area contributed by atoms with E-state index in [4.69, 9.17) is 10.3 Å². The summed E-state index contributed by atoms with van der Waals surface area (Å²) >= 11 is 0. The van der Waals surface area contributed by atoms with Gasteiger partial charge >= 0.3 is 6.18 Å². The smallest absolute Gasteiger partial charge is 0.416 e. The van der Waals surface area contributed by atoms with Crippen molar-refractivity contribution in [3.63, 3.8) is 0 Å². The van der Waals surface area contributed by atoms with Gasteiger partial charge in [0, 0.05) is 28.0 Å². The second-order valence-electron chi connectivity index (χ2n) is 6.13. The summed E-state index contributed by atoms with van der Waals surface area (Å²) in [5.74, 6) is 0.879. The highest BCUT2D eigenvalue weighted by atomic mass is 19.4. The average molecular weight is 408 g/mol. The van der Waals surface area contributed by atoms with Crippen LogP contribution in [0.25, 0.3) is 32.6 Å². The largest absolute Gasteiger partial charge is 0.439 e. The molecule has 0 spiro atoms. The van der Waals surface area contributed by atoms with Crippen molar-refractivity contribution < 1.29 is 17.9 Å². The fourth-order valence-electron chi connectivity index (χ4n) is 2.76. The summed E-state index contributed by atoms with van der Waals surface area (Å²) in [7, 11) is 0. The lowest BCUT2D eigenvalue weighted by Gasteiger charge is -2.09. The predicted molar refractivity (Wildman–Crippen MR) is 103 cm³/mol. The molecule has 0 fully saturated rings. The number of aromatic nitrogens is 3. The Balaban J connectivity index is 1.60. The molecule has 7 nitrogen and oxygen atoms in total. The van der Waals surface area contributed by atoms with Gasteiger partial charge in [-0.15, -0.1) is 0 Å². The number of ether oxygens (including phenoxy) is 1. The Morgan fingerprint density at radius 2 is 1.70 bits per heavy atom. The van der Waals surface area contributed by atoms with Crippen molar-refractivity contribution >= 4 is 16.7 Å². The molecule has 0 radical (unpaired) electrons. The van der Waals surface area contributed by atoms with Gasteiger partial charge in [-0.3, -0.25) is 0 Å². The van der Waals surface area contributed by atoms with Crippen LogP contribution in [0.5, 0.6) is 11.6 Å². The summed E-state index contributed by atoms with van der Waals surface area (Å²) in [6.45, 7) is 0. The molecule has 4 rings (SSSR count). The van der Waals surface area contributed by atoms with Gasteiger partial charge in [-0.25, -0.2) is 15.0 Å². The van der Waals surface area contributed by atoms with Crippen molar-refractivity contribution in [2.75, 3.05) is 0 Å². The monoisotopic (exact) mass is 408 g/mol. The lowest BCUT2D eigenvalue weighted by Crippen LogP contribution is -2.04. The van der Waals surface area contributed by atoms with E-state index >= 15 is 0 Å². The Labute approximate surface area is 167 Å². The van der Waals surface area contributed by atoms with Gasteiger partial charge in [0.05, 0.1) is 16.8 Å². The molecule has 148 valence electrons. The van der Waals surface area contributed by atoms with Crippen molar-refractivity contribution in [1.29, 1.82) is 0 Å². The second-order valence-corrected chi connectivity index (χ2v) is 6.13. The molecule has 10 heteroatoms. The Bertz CT molecular complexity index is 1270. The summed E-state index contributed by atoms with van der Waals surface area (Å²) in [5, 5.41) is 4.30. The summed E-state index contributed by atoms with van der Waals surface area (Å²) in [5.41, 5.74) is 9.28. The molecule has 30 heavy (non-hydrogen) atoms. The third-order valence-corrected chi connectivity index (χ3v) is 4.17. The van der Waals surface area contributed by atoms with Crippen LogP contribution in [0.15, 0.2) is 72.1 Å². The maximum atomic E-state index is 12.7. The standard InChI is InChI=1S/C20H11F3N6O/c21-20(22,23)14-5-1-12(2-6-14)16-10-19(26-11-25-16)30-15-7-3-13-4-8-18(28-29-24)27-17(13)9-15/h1-11H. The maximum Gasteiger partial charge on any atom is 0.416 e. The Morgan fingerprint density at radius 3 is 2.43 bits per heavy atom. The van der Waals surface area contributed by atoms with Crippen LogP contribution >= 0.6 is 0 Å². The van der Waals surface area contributed by atoms with Gasteiger partial charge in [0.25, 0.3) is 0 Å². The Kier molecular flexibility index (Phi) is 4.91. The first-order valence-corrected chi connectivity index (χ1v) is 8.56. The highest BCUT2D eigenvalue weighted by molar-refractivity contribution is 5.81. The van der Waals surface area contributed by atoms with Crippen molar-refractivity contribution in [2.24, 2.45) is 5.11 Å². The molecule has 0 aliphatic carbocycles. The number of fused-ring (bicyclic) bond motifs is 1. The van der Waals surface area contributed by atoms with E-state index in [0.29, 0.717) is 22.5 Å². The molecule has 0 saturated carbocycles. The zero-order valence-electron chi connectivity index (χ0n) is 15.1. The van der Waals surface area contributed by atoms with E-state index in [1.165, 1.54) is 24.5 Å². The Hall–Kier alpha value is -4.17. The van der Waals surface area contributed by atoms with Gasteiger partial charge in [-0.05, 0) is 41.0 Å². The third-order valence-electron chi connectivity index (χ3n) is 4.17. The minimum Gasteiger partial charge on any atom is -0.439 e. The van der Waals surface area contributed by atoms with E-state index < -0.39 is 11.7 Å². The molecule has 2 aromatic carbocycles. The fourth-order valence-corrected chi connectivity index (χ4v) is 2.76. The van der Waals surface area contributed by atoms with E-state index in [2.05, 4.69) is 25.0 Å². The van der Waals surface area contributed by atoms with Crippen molar-refractivity contribution in [1.82, 2.24) is 15.0 Å². The molecule has 2 heterocycles. The van der Waals surface area contributed by atoms with Crippen LogP contribution in [0.2, 0.25) is 0 Å². The first-order chi connectivity index (χ1) is 14.4. The van der Waals surface area contributed by atoms with Gasteiger partial charge in [-0.1, -0.05) is 18.2 Å². The molecule has 0 aliphatic rings. The molecule has 0 saturated heterocycles. The number of benzene rings is 2. The van der Waals surface area contributed by atoms with Crippen LogP contribution in [0, 0.1) is 0 Å². The highest BCUT2D eigenvalue weighted by Gasteiger charge is 2.30. The lowest BCUT2D eigenvalue weighted by atomic mass is 10.1. The number of azide groups is 1. The number of alkyl halides is 3. The molecule has 0 unspecified atom stereocenters. The second kappa shape index (κ2) is 7.69. The Morgan fingerprint density at radius 1 is 0.933 bits per heavy atom. The topological polar surface area (TPSA) is 96.7 Å². The van der Waals surface area contributed by atoms with Crippen LogP contribution in [0.3, 0.4) is 0 Å². The summed E-state index contributed by atoms with van der Waals surface area (Å²) in [6.07, 6.45) is -3.14. The van der Waals surface area contributed by atoms with Crippen molar-refractivity contribution in [3.8, 4) is 22.9 Å². The maximum absolute atomic E-state index is 12.7. The minimum atomic E-state index is -4.40. The highest BCUT2D eigenvalue weighted by Crippen LogP contribution is 2.31. The summed E-state index contributed by atoms with van der Waals surface area (Å²) in [6, 6.07) is 14.7. The molecule has 0 N–H and O–H groups in total. The minimum absolute atomic E-state index is 0.213. The fraction of sp³-hybridized carbons (Fsp3) is 0.0500. The first-order valence-electron chi connectivity index (χ1n) is 8.56. The van der Waals surface area contributed by atoms with Crippen molar-refractivity contribution in [2.45, 2.75) is 6.18 Å². The molecule has 0 aliphatic heterocycles. The third kappa shape index (κ3) is 4.13. The lowest BCUT2D eigenvalue weighted by molar-refractivity contribution is -0.137. The van der Waals surface area contributed by atoms with Crippen LogP contribution in [0.1, 0.15) is 5.56 Å². The normalized spacial score (nSPS) is 11.2. The summed E-state index contributed by atoms with van der Waals surface area (Å²) < 4.78 is 44.0. The number of halogens is 3. The number of hydrogen-bond acceptors (Lipinski definition) is 5. The molecular weight excluding hydrogens is 397 g/mol. The van der Waals surface area contributed by atoms with Gasteiger partial charge in [0.2, 0.25) is 5.88 Å². The quantitative estimate of drug-likeness (QED) is 0.220. The van der Waals surface area contributed by atoms with Crippen LogP contribution in [-0.2, 0) is 6.18 Å². The number of pyridine rings is 1.